The molecule has 2 aliphatic rings. The van der Waals surface area contributed by atoms with Crippen LogP contribution in [-0.4, -0.2) is 71.5 Å². The maximum absolute atomic E-state index is 12.8. The largest absolute Gasteiger partial charge is 0.497 e. The summed E-state index contributed by atoms with van der Waals surface area (Å²) in [6.45, 7) is 3.44. The fourth-order valence-corrected chi connectivity index (χ4v) is 4.29. The summed E-state index contributed by atoms with van der Waals surface area (Å²) in [5.41, 5.74) is 4.31. The monoisotopic (exact) mass is 423 g/mol. The van der Waals surface area contributed by atoms with Crippen molar-refractivity contribution in [3.8, 4) is 22.8 Å². The summed E-state index contributed by atoms with van der Waals surface area (Å²) < 4.78 is 18.8. The van der Waals surface area contributed by atoms with E-state index in [0.29, 0.717) is 37.6 Å². The predicted octanol–water partition coefficient (Wildman–Crippen LogP) is 2.13. The third kappa shape index (κ3) is 3.44. The molecule has 0 unspecified atom stereocenters. The molecule has 2 atom stereocenters. The average Bonchev–Trinajstić information content (AvgIpc) is 3.31. The van der Waals surface area contributed by atoms with Crippen LogP contribution in [0.3, 0.4) is 0 Å². The summed E-state index contributed by atoms with van der Waals surface area (Å²) in [5, 5.41) is 7.89. The molecule has 0 saturated carbocycles. The number of rotatable bonds is 2. The van der Waals surface area contributed by atoms with Gasteiger partial charge in [0, 0.05) is 55.7 Å². The number of hydrogen-bond donors (Lipinski definition) is 1. The molecule has 0 aliphatic carbocycles. The summed E-state index contributed by atoms with van der Waals surface area (Å²) in [6.07, 6.45) is 3.86. The van der Waals surface area contributed by atoms with Crippen LogP contribution < -0.4 is 14.8 Å². The number of nitrogens with one attached hydrogen (secondary N) is 1. The van der Waals surface area contributed by atoms with E-state index in [2.05, 4.69) is 10.4 Å². The lowest BCUT2D eigenvalue weighted by Crippen LogP contribution is -2.41. The topological polar surface area (TPSA) is 90.2 Å². The molecule has 4 heterocycles. The Labute approximate surface area is 179 Å². The minimum absolute atomic E-state index is 0.00506. The molecular weight excluding hydrogens is 398 g/mol. The first kappa shape index (κ1) is 19.6. The van der Waals surface area contributed by atoms with Gasteiger partial charge in [-0.2, -0.15) is 10.1 Å². The molecule has 1 fully saturated rings. The number of nitrogens with zero attached hydrogens (tertiary/aromatic N) is 4. The molecule has 5 rings (SSSR count). The van der Waals surface area contributed by atoms with E-state index in [4.69, 9.17) is 19.2 Å². The Bertz CT molecular complexity index is 1140. The van der Waals surface area contributed by atoms with Crippen molar-refractivity contribution in [1.82, 2.24) is 19.5 Å². The van der Waals surface area contributed by atoms with Gasteiger partial charge < -0.3 is 24.4 Å². The van der Waals surface area contributed by atoms with Crippen LogP contribution in [0.25, 0.3) is 16.8 Å². The van der Waals surface area contributed by atoms with Crippen molar-refractivity contribution < 1.29 is 19.0 Å². The maximum atomic E-state index is 12.8. The number of carbonyl (C=O) groups is 1. The molecule has 9 heteroatoms. The molecule has 0 radical (unpaired) electrons. The SMILES string of the molecule is COc1cc2cc(c1)-c1cnn3cc(C)c(nc13)OC[C@@H]1C[C@@H](OC)C(=O)N1CCN2. The van der Waals surface area contributed by atoms with Gasteiger partial charge in [-0.05, 0) is 24.6 Å². The number of ether oxygens (including phenoxy) is 3. The second kappa shape index (κ2) is 7.73. The van der Waals surface area contributed by atoms with Gasteiger partial charge in [0.1, 0.15) is 18.5 Å². The second-order valence-electron chi connectivity index (χ2n) is 7.89. The highest BCUT2D eigenvalue weighted by atomic mass is 16.5. The van der Waals surface area contributed by atoms with Crippen LogP contribution in [0.5, 0.6) is 11.6 Å². The van der Waals surface area contributed by atoms with Gasteiger partial charge in [-0.15, -0.1) is 0 Å². The number of amides is 1. The lowest BCUT2D eigenvalue weighted by molar-refractivity contribution is -0.136. The molecule has 1 saturated heterocycles. The third-order valence-electron chi connectivity index (χ3n) is 5.95. The Hall–Kier alpha value is -3.33. The van der Waals surface area contributed by atoms with Crippen molar-refractivity contribution in [3.05, 3.63) is 36.2 Å². The van der Waals surface area contributed by atoms with Crippen LogP contribution >= 0.6 is 0 Å². The zero-order chi connectivity index (χ0) is 21.5. The van der Waals surface area contributed by atoms with Crippen molar-refractivity contribution in [2.45, 2.75) is 25.5 Å². The number of fused-ring (bicyclic) bond motifs is 5. The molecule has 1 amide bonds. The summed E-state index contributed by atoms with van der Waals surface area (Å²) in [6, 6.07) is 5.85. The second-order valence-corrected chi connectivity index (χ2v) is 7.89. The molecule has 2 aromatic heterocycles. The molecule has 1 N–H and O–H groups in total. The van der Waals surface area contributed by atoms with Crippen LogP contribution in [0, 0.1) is 6.92 Å². The highest BCUT2D eigenvalue weighted by Crippen LogP contribution is 2.32. The number of anilines is 1. The molecule has 9 nitrogen and oxygen atoms in total. The minimum atomic E-state index is -0.439. The number of hydrogen-bond acceptors (Lipinski definition) is 7. The lowest BCUT2D eigenvalue weighted by atomic mass is 10.1. The van der Waals surface area contributed by atoms with Gasteiger partial charge in [-0.25, -0.2) is 4.52 Å². The first-order chi connectivity index (χ1) is 15.1. The van der Waals surface area contributed by atoms with Crippen molar-refractivity contribution >= 4 is 17.2 Å². The van der Waals surface area contributed by atoms with Gasteiger partial charge in [0.05, 0.1) is 19.3 Å². The van der Waals surface area contributed by atoms with E-state index >= 15 is 0 Å². The first-order valence-electron chi connectivity index (χ1n) is 10.3. The Morgan fingerprint density at radius 3 is 2.94 bits per heavy atom. The minimum Gasteiger partial charge on any atom is -0.497 e. The van der Waals surface area contributed by atoms with E-state index in [1.807, 2.05) is 36.2 Å². The van der Waals surface area contributed by atoms with E-state index < -0.39 is 6.10 Å². The zero-order valence-corrected chi connectivity index (χ0v) is 17.8. The van der Waals surface area contributed by atoms with Crippen molar-refractivity contribution in [3.63, 3.8) is 0 Å². The number of methoxy groups -OCH3 is 2. The standard InChI is InChI=1S/C22H25N5O4/c1-13-11-27-20-18(10-24-27)14-6-15(8-17(7-14)29-2)23-4-5-26-16(12-31-21(13)25-20)9-19(30-3)22(26)28/h6-8,10-11,16,19,23H,4-5,9,12H2,1-3H3/t16-,19+/m0/s1. The van der Waals surface area contributed by atoms with Crippen LogP contribution in [0.4, 0.5) is 5.69 Å². The smallest absolute Gasteiger partial charge is 0.252 e. The predicted molar refractivity (Wildman–Crippen MR) is 115 cm³/mol. The summed E-state index contributed by atoms with van der Waals surface area (Å²) >= 11 is 0. The number of aromatic nitrogens is 3. The molecule has 3 aromatic rings. The highest BCUT2D eigenvalue weighted by Gasteiger charge is 2.39. The molecule has 31 heavy (non-hydrogen) atoms. The molecule has 0 spiro atoms. The number of aryl methyl sites for hydroxylation is 1. The normalized spacial score (nSPS) is 20.9. The molecule has 4 bridgehead atoms. The zero-order valence-electron chi connectivity index (χ0n) is 17.8. The summed E-state index contributed by atoms with van der Waals surface area (Å²) in [5.74, 6) is 1.26. The molecular formula is C22H25N5O4. The van der Waals surface area contributed by atoms with E-state index in [1.165, 1.54) is 0 Å². The maximum Gasteiger partial charge on any atom is 0.252 e. The van der Waals surface area contributed by atoms with Crippen LogP contribution in [0.1, 0.15) is 12.0 Å². The highest BCUT2D eigenvalue weighted by molar-refractivity contribution is 5.84. The Balaban J connectivity index is 1.61. The third-order valence-corrected chi connectivity index (χ3v) is 5.95. The Morgan fingerprint density at radius 1 is 1.26 bits per heavy atom. The fourth-order valence-electron chi connectivity index (χ4n) is 4.29. The fraction of sp³-hybridized carbons (Fsp3) is 0.409. The summed E-state index contributed by atoms with van der Waals surface area (Å²) in [7, 11) is 3.21. The van der Waals surface area contributed by atoms with E-state index in [-0.39, 0.29) is 11.9 Å². The van der Waals surface area contributed by atoms with E-state index in [0.717, 1.165) is 28.1 Å². The number of benzene rings is 1. The van der Waals surface area contributed by atoms with Crippen molar-refractivity contribution in [2.24, 2.45) is 0 Å². The Morgan fingerprint density at radius 2 is 2.13 bits per heavy atom. The van der Waals surface area contributed by atoms with Gasteiger partial charge in [0.25, 0.3) is 5.91 Å². The van der Waals surface area contributed by atoms with Crippen LogP contribution in [0.2, 0.25) is 0 Å². The number of carbonyl (C=O) groups excluding carboxylic acids is 1. The molecule has 162 valence electrons. The van der Waals surface area contributed by atoms with Gasteiger partial charge in [0.15, 0.2) is 5.65 Å². The van der Waals surface area contributed by atoms with Gasteiger partial charge >= 0.3 is 0 Å². The lowest BCUT2D eigenvalue weighted by Gasteiger charge is -2.25. The van der Waals surface area contributed by atoms with Gasteiger partial charge in [0.2, 0.25) is 5.88 Å². The van der Waals surface area contributed by atoms with Crippen molar-refractivity contribution in [1.29, 1.82) is 0 Å². The molecule has 2 aliphatic heterocycles. The quantitative estimate of drug-likeness (QED) is 0.675. The molecule has 1 aromatic carbocycles. The van der Waals surface area contributed by atoms with E-state index in [9.17, 15) is 4.79 Å². The van der Waals surface area contributed by atoms with Crippen molar-refractivity contribution in [2.75, 3.05) is 39.2 Å². The van der Waals surface area contributed by atoms with Gasteiger partial charge in [-0.3, -0.25) is 4.79 Å². The summed E-state index contributed by atoms with van der Waals surface area (Å²) in [4.78, 5) is 19.4. The average molecular weight is 423 g/mol. The van der Waals surface area contributed by atoms with Crippen LogP contribution in [0.15, 0.2) is 30.6 Å². The van der Waals surface area contributed by atoms with Crippen LogP contribution in [-0.2, 0) is 9.53 Å². The Kier molecular flexibility index (Phi) is 4.90. The first-order valence-corrected chi connectivity index (χ1v) is 10.3. The van der Waals surface area contributed by atoms with E-state index in [1.54, 1.807) is 24.9 Å². The van der Waals surface area contributed by atoms with Gasteiger partial charge in [-0.1, -0.05) is 0 Å².